The van der Waals surface area contributed by atoms with Crippen molar-refractivity contribution in [2.45, 2.75) is 71.2 Å². The Bertz CT molecular complexity index is 1100. The van der Waals surface area contributed by atoms with Crippen LogP contribution in [0.5, 0.6) is 0 Å². The second kappa shape index (κ2) is 11.2. The molecule has 0 saturated carbocycles. The van der Waals surface area contributed by atoms with Gasteiger partial charge in [0.15, 0.2) is 0 Å². The fraction of sp³-hybridized carbons (Fsp3) is 0.577. The summed E-state index contributed by atoms with van der Waals surface area (Å²) in [6.07, 6.45) is 0.387. The van der Waals surface area contributed by atoms with Gasteiger partial charge < -0.3 is 25.0 Å². The lowest BCUT2D eigenvalue weighted by atomic mass is 9.96. The topological polar surface area (TPSA) is 141 Å². The Morgan fingerprint density at radius 3 is 2.51 bits per heavy atom. The highest BCUT2D eigenvalue weighted by Crippen LogP contribution is 2.35. The first-order valence-corrected chi connectivity index (χ1v) is 12.4. The molecule has 11 nitrogen and oxygen atoms in total. The molecule has 4 amide bonds. The molecule has 3 unspecified atom stereocenters. The molecule has 0 aliphatic carbocycles. The minimum absolute atomic E-state index is 0.207. The zero-order valence-electron chi connectivity index (χ0n) is 22.2. The number of carbonyl (C=O) groups is 4. The molecular formula is C26H35N5O6. The minimum atomic E-state index is -1.12. The van der Waals surface area contributed by atoms with Gasteiger partial charge in [-0.15, -0.1) is 0 Å². The van der Waals surface area contributed by atoms with Gasteiger partial charge in [0.1, 0.15) is 17.7 Å². The molecule has 0 spiro atoms. The normalized spacial score (nSPS) is 21.0. The minimum Gasteiger partial charge on any atom is -0.444 e. The number of benzene rings is 1. The van der Waals surface area contributed by atoms with Gasteiger partial charge in [-0.05, 0) is 65.7 Å². The summed E-state index contributed by atoms with van der Waals surface area (Å²) in [5.41, 5.74) is 0.357. The Labute approximate surface area is 217 Å². The average Bonchev–Trinajstić information content (AvgIpc) is 2.95. The molecule has 1 aromatic carbocycles. The fourth-order valence-electron chi connectivity index (χ4n) is 4.29. The third kappa shape index (κ3) is 6.38. The van der Waals surface area contributed by atoms with Gasteiger partial charge >= 0.3 is 6.09 Å². The molecule has 2 N–H and O–H groups in total. The summed E-state index contributed by atoms with van der Waals surface area (Å²) in [6, 6.07) is 3.90. The lowest BCUT2D eigenvalue weighted by Crippen LogP contribution is -2.60. The highest BCUT2D eigenvalue weighted by Gasteiger charge is 2.41. The van der Waals surface area contributed by atoms with Crippen LogP contribution in [0.1, 0.15) is 53.0 Å². The van der Waals surface area contributed by atoms with Crippen molar-refractivity contribution in [3.8, 4) is 6.07 Å². The van der Waals surface area contributed by atoms with E-state index in [9.17, 15) is 24.4 Å². The van der Waals surface area contributed by atoms with Gasteiger partial charge in [-0.1, -0.05) is 0 Å². The molecule has 2 aliphatic rings. The third-order valence-electron chi connectivity index (χ3n) is 6.56. The van der Waals surface area contributed by atoms with Crippen LogP contribution in [0.25, 0.3) is 0 Å². The first-order valence-electron chi connectivity index (χ1n) is 12.4. The van der Waals surface area contributed by atoms with Gasteiger partial charge in [0.25, 0.3) is 0 Å². The van der Waals surface area contributed by atoms with E-state index in [4.69, 9.17) is 9.47 Å². The van der Waals surface area contributed by atoms with Gasteiger partial charge in [0.2, 0.25) is 17.7 Å². The Hall–Kier alpha value is -3.65. The van der Waals surface area contributed by atoms with Crippen LogP contribution < -0.4 is 15.5 Å². The predicted molar refractivity (Wildman–Crippen MR) is 136 cm³/mol. The number of hydrogen-bond donors (Lipinski definition) is 2. The van der Waals surface area contributed by atoms with E-state index in [-0.39, 0.29) is 11.8 Å². The van der Waals surface area contributed by atoms with E-state index in [2.05, 4.69) is 16.7 Å². The van der Waals surface area contributed by atoms with Crippen molar-refractivity contribution in [2.24, 2.45) is 5.92 Å². The van der Waals surface area contributed by atoms with Crippen LogP contribution in [0.4, 0.5) is 16.2 Å². The maximum atomic E-state index is 13.7. The van der Waals surface area contributed by atoms with E-state index in [1.807, 2.05) is 0 Å². The lowest BCUT2D eigenvalue weighted by Gasteiger charge is -2.36. The van der Waals surface area contributed by atoms with E-state index in [1.165, 1.54) is 18.9 Å². The molecule has 0 bridgehead atoms. The first-order chi connectivity index (χ1) is 17.3. The van der Waals surface area contributed by atoms with Gasteiger partial charge in [-0.3, -0.25) is 19.3 Å². The van der Waals surface area contributed by atoms with Crippen molar-refractivity contribution in [3.63, 3.8) is 0 Å². The smallest absolute Gasteiger partial charge is 0.410 e. The second-order valence-electron chi connectivity index (χ2n) is 10.4. The van der Waals surface area contributed by atoms with Crippen molar-refractivity contribution < 1.29 is 28.7 Å². The van der Waals surface area contributed by atoms with E-state index < -0.39 is 41.6 Å². The number of hydrogen-bond acceptors (Lipinski definition) is 7. The Morgan fingerprint density at radius 1 is 1.27 bits per heavy atom. The van der Waals surface area contributed by atoms with Gasteiger partial charge in [0, 0.05) is 26.2 Å². The molecule has 2 aliphatic heterocycles. The molecule has 3 rings (SSSR count). The molecule has 0 aromatic heterocycles. The number of amides is 4. The second-order valence-corrected chi connectivity index (χ2v) is 10.4. The zero-order valence-corrected chi connectivity index (χ0v) is 22.2. The molecule has 200 valence electrons. The van der Waals surface area contributed by atoms with Crippen LogP contribution in [0.2, 0.25) is 0 Å². The molecule has 3 atom stereocenters. The van der Waals surface area contributed by atoms with Crippen molar-refractivity contribution >= 4 is 35.2 Å². The van der Waals surface area contributed by atoms with E-state index in [1.54, 1.807) is 45.9 Å². The summed E-state index contributed by atoms with van der Waals surface area (Å²) < 4.78 is 10.7. The molecule has 37 heavy (non-hydrogen) atoms. The summed E-state index contributed by atoms with van der Waals surface area (Å²) in [5, 5.41) is 15.0. The monoisotopic (exact) mass is 513 g/mol. The highest BCUT2D eigenvalue weighted by atomic mass is 16.6. The molecule has 11 heteroatoms. The standard InChI is InChI=1S/C26H35N5O6/c1-15-21(29-22(32)16(2)30(6)25(35)37-26(3,4)5)23(33)28-19-8-7-17(14-27)13-20(19)31(15)24(34)18-9-11-36-12-10-18/h7-8,13,15-16,18,21H,9-12H2,1-6H3,(H,28,33)(H,29,32). The van der Waals surface area contributed by atoms with Crippen LogP contribution in [0.15, 0.2) is 18.2 Å². The summed E-state index contributed by atoms with van der Waals surface area (Å²) in [5.74, 6) is -1.62. The Balaban J connectivity index is 1.90. The SMILES string of the molecule is CC(C(=O)NC1C(=O)Nc2ccc(C#N)cc2N(C(=O)C2CCOCC2)C1C)N(C)C(=O)OC(C)(C)C. The zero-order chi connectivity index (χ0) is 27.5. The molecule has 2 heterocycles. The fourth-order valence-corrected chi connectivity index (χ4v) is 4.29. The third-order valence-corrected chi connectivity index (χ3v) is 6.56. The van der Waals surface area contributed by atoms with Crippen molar-refractivity contribution in [1.29, 1.82) is 5.26 Å². The Morgan fingerprint density at radius 2 is 1.92 bits per heavy atom. The van der Waals surface area contributed by atoms with E-state index in [0.717, 1.165) is 4.90 Å². The van der Waals surface area contributed by atoms with Crippen LogP contribution in [0, 0.1) is 17.2 Å². The first kappa shape index (κ1) is 27.9. The lowest BCUT2D eigenvalue weighted by molar-refractivity contribution is -0.130. The number of carbonyl (C=O) groups excluding carboxylic acids is 4. The largest absolute Gasteiger partial charge is 0.444 e. The van der Waals surface area contributed by atoms with Crippen LogP contribution in [-0.4, -0.2) is 72.7 Å². The maximum Gasteiger partial charge on any atom is 0.410 e. The van der Waals surface area contributed by atoms with E-state index in [0.29, 0.717) is 43.0 Å². The molecular weight excluding hydrogens is 478 g/mol. The Kier molecular flexibility index (Phi) is 8.43. The van der Waals surface area contributed by atoms with Crippen LogP contribution in [-0.2, 0) is 23.9 Å². The summed E-state index contributed by atoms with van der Waals surface area (Å²) >= 11 is 0. The van der Waals surface area contributed by atoms with Gasteiger partial charge in [-0.2, -0.15) is 5.26 Å². The number of rotatable bonds is 4. The number of likely N-dealkylation sites (N-methyl/N-ethyl adjacent to an activating group) is 1. The summed E-state index contributed by atoms with van der Waals surface area (Å²) in [4.78, 5) is 55.3. The molecule has 1 aromatic rings. The number of nitriles is 1. The van der Waals surface area contributed by atoms with Gasteiger partial charge in [0.05, 0.1) is 29.0 Å². The summed E-state index contributed by atoms with van der Waals surface area (Å²) in [7, 11) is 1.44. The molecule has 1 saturated heterocycles. The number of fused-ring (bicyclic) bond motifs is 1. The molecule has 1 fully saturated rings. The van der Waals surface area contributed by atoms with E-state index >= 15 is 0 Å². The maximum absolute atomic E-state index is 13.7. The number of nitrogens with zero attached hydrogens (tertiary/aromatic N) is 3. The van der Waals surface area contributed by atoms with Crippen LogP contribution >= 0.6 is 0 Å². The van der Waals surface area contributed by atoms with Gasteiger partial charge in [-0.25, -0.2) is 4.79 Å². The highest BCUT2D eigenvalue weighted by molar-refractivity contribution is 6.08. The number of nitrogens with one attached hydrogen (secondary N) is 2. The van der Waals surface area contributed by atoms with Crippen molar-refractivity contribution in [3.05, 3.63) is 23.8 Å². The number of ether oxygens (including phenoxy) is 2. The molecule has 0 radical (unpaired) electrons. The number of anilines is 2. The quantitative estimate of drug-likeness (QED) is 0.630. The van der Waals surface area contributed by atoms with Crippen molar-refractivity contribution in [1.82, 2.24) is 10.2 Å². The van der Waals surface area contributed by atoms with Crippen LogP contribution in [0.3, 0.4) is 0 Å². The summed E-state index contributed by atoms with van der Waals surface area (Å²) in [6.45, 7) is 9.28. The van der Waals surface area contributed by atoms with Crippen molar-refractivity contribution in [2.75, 3.05) is 30.5 Å². The predicted octanol–water partition coefficient (Wildman–Crippen LogP) is 2.40. The average molecular weight is 514 g/mol.